The van der Waals surface area contributed by atoms with Crippen molar-refractivity contribution in [3.8, 4) is 0 Å². The van der Waals surface area contributed by atoms with Crippen molar-refractivity contribution in [2.24, 2.45) is 4.99 Å². The lowest BCUT2D eigenvalue weighted by Gasteiger charge is -2.05. The summed E-state index contributed by atoms with van der Waals surface area (Å²) in [5.41, 5.74) is 3.16. The van der Waals surface area contributed by atoms with Crippen LogP contribution in [0.5, 0.6) is 0 Å². The lowest BCUT2D eigenvalue weighted by atomic mass is 10.1. The fourth-order valence-electron chi connectivity index (χ4n) is 2.72. The van der Waals surface area contributed by atoms with Crippen LogP contribution in [0.25, 0.3) is 6.08 Å². The van der Waals surface area contributed by atoms with Gasteiger partial charge in [0, 0.05) is 36.6 Å². The molecule has 25 heavy (non-hydrogen) atoms. The predicted molar refractivity (Wildman–Crippen MR) is 98.0 cm³/mol. The van der Waals surface area contributed by atoms with Crippen molar-refractivity contribution >= 4 is 25.1 Å². The SMILES string of the molecule is CNCCNC(=O)CCC1=N/C(=C\c2c(C)cc(C)n2B(F)F)C=C1. The number of aromatic nitrogens is 1. The van der Waals surface area contributed by atoms with E-state index >= 15 is 0 Å². The summed E-state index contributed by atoms with van der Waals surface area (Å²) in [4.78, 5) is 16.1. The van der Waals surface area contributed by atoms with Crippen LogP contribution in [0, 0.1) is 13.8 Å². The number of amides is 1. The fraction of sp³-hybridized carbons (Fsp3) is 0.412. The highest BCUT2D eigenvalue weighted by Crippen LogP contribution is 2.22. The molecular formula is C17H23BF2N4O. The van der Waals surface area contributed by atoms with Gasteiger partial charge in [0.25, 0.3) is 0 Å². The van der Waals surface area contributed by atoms with Crippen LogP contribution in [-0.4, -0.2) is 43.6 Å². The Hall–Kier alpha value is -2.22. The first-order valence-corrected chi connectivity index (χ1v) is 8.27. The summed E-state index contributed by atoms with van der Waals surface area (Å²) in [5, 5.41) is 5.76. The van der Waals surface area contributed by atoms with Crippen molar-refractivity contribution in [2.75, 3.05) is 20.1 Å². The summed E-state index contributed by atoms with van der Waals surface area (Å²) >= 11 is 0. The van der Waals surface area contributed by atoms with Gasteiger partial charge in [-0.1, -0.05) is 0 Å². The standard InChI is InChI=1S/C17H23BF2N4O/c1-12-10-13(2)24(18(19)20)16(12)11-15-5-4-14(23-15)6-7-17(25)22-9-8-21-3/h4-5,10-11,21H,6-9H2,1-3H3,(H,22,25)/b15-11-. The summed E-state index contributed by atoms with van der Waals surface area (Å²) in [7, 11) is -0.762. The minimum atomic E-state index is -2.59. The molecule has 0 saturated carbocycles. The summed E-state index contributed by atoms with van der Waals surface area (Å²) in [5.74, 6) is -0.0261. The van der Waals surface area contributed by atoms with E-state index in [0.717, 1.165) is 22.3 Å². The van der Waals surface area contributed by atoms with Crippen LogP contribution >= 0.6 is 0 Å². The minimum absolute atomic E-state index is 0.0261. The van der Waals surface area contributed by atoms with Gasteiger partial charge >= 0.3 is 7.40 Å². The van der Waals surface area contributed by atoms with Gasteiger partial charge in [0.2, 0.25) is 5.91 Å². The Balaban J connectivity index is 2.01. The first-order chi connectivity index (χ1) is 11.9. The molecule has 1 aromatic rings. The van der Waals surface area contributed by atoms with Crippen LogP contribution in [0.3, 0.4) is 0 Å². The van der Waals surface area contributed by atoms with Crippen LogP contribution in [0.1, 0.15) is 29.8 Å². The van der Waals surface area contributed by atoms with Gasteiger partial charge in [-0.3, -0.25) is 18.4 Å². The second-order valence-corrected chi connectivity index (χ2v) is 5.96. The fourth-order valence-corrected chi connectivity index (χ4v) is 2.72. The van der Waals surface area contributed by atoms with E-state index in [4.69, 9.17) is 0 Å². The summed E-state index contributed by atoms with van der Waals surface area (Å²) in [6, 6.07) is 1.73. The Morgan fingerprint density at radius 3 is 2.76 bits per heavy atom. The molecule has 0 saturated heterocycles. The van der Waals surface area contributed by atoms with E-state index in [0.29, 0.717) is 36.5 Å². The molecule has 0 atom stereocenters. The van der Waals surface area contributed by atoms with Crippen molar-refractivity contribution in [3.05, 3.63) is 40.9 Å². The lowest BCUT2D eigenvalue weighted by Crippen LogP contribution is -2.30. The second kappa shape index (κ2) is 8.76. The molecule has 1 aromatic heterocycles. The number of aliphatic imine (C=N–C) groups is 1. The van der Waals surface area contributed by atoms with Crippen molar-refractivity contribution in [3.63, 3.8) is 0 Å². The van der Waals surface area contributed by atoms with Gasteiger partial charge in [0.05, 0.1) is 5.70 Å². The quantitative estimate of drug-likeness (QED) is 0.560. The zero-order chi connectivity index (χ0) is 18.4. The summed E-state index contributed by atoms with van der Waals surface area (Å²) in [6.45, 7) is 4.78. The van der Waals surface area contributed by atoms with Gasteiger partial charge < -0.3 is 15.1 Å². The highest BCUT2D eigenvalue weighted by Gasteiger charge is 2.23. The highest BCUT2D eigenvalue weighted by atomic mass is 19.2. The number of carbonyl (C=O) groups is 1. The number of aryl methyl sites for hydroxylation is 2. The van der Waals surface area contributed by atoms with Gasteiger partial charge in [-0.2, -0.15) is 0 Å². The van der Waals surface area contributed by atoms with Gasteiger partial charge in [0.1, 0.15) is 0 Å². The maximum atomic E-state index is 13.2. The third-order valence-electron chi connectivity index (χ3n) is 3.97. The van der Waals surface area contributed by atoms with Crippen LogP contribution in [-0.2, 0) is 4.79 Å². The number of nitrogens with zero attached hydrogens (tertiary/aromatic N) is 2. The molecule has 0 fully saturated rings. The average molecular weight is 348 g/mol. The number of nitrogens with one attached hydrogen (secondary N) is 2. The third kappa shape index (κ3) is 5.13. The van der Waals surface area contributed by atoms with Crippen LogP contribution in [0.2, 0.25) is 0 Å². The predicted octanol–water partition coefficient (Wildman–Crippen LogP) is 2.34. The normalized spacial score (nSPS) is 14.9. The van der Waals surface area contributed by atoms with E-state index in [1.165, 1.54) is 0 Å². The molecule has 2 heterocycles. The molecule has 1 aliphatic rings. The number of carbonyl (C=O) groups excluding carboxylic acids is 1. The number of allylic oxidation sites excluding steroid dienone is 2. The monoisotopic (exact) mass is 348 g/mol. The molecule has 0 spiro atoms. The Labute approximate surface area is 147 Å². The van der Waals surface area contributed by atoms with Gasteiger partial charge in [0.15, 0.2) is 0 Å². The number of hydrogen-bond donors (Lipinski definition) is 2. The molecule has 0 unspecified atom stereocenters. The van der Waals surface area contributed by atoms with Crippen LogP contribution in [0.4, 0.5) is 8.63 Å². The Kier molecular flexibility index (Phi) is 6.69. The second-order valence-electron chi connectivity index (χ2n) is 5.96. The maximum Gasteiger partial charge on any atom is 0.677 e. The van der Waals surface area contributed by atoms with E-state index in [2.05, 4.69) is 15.6 Å². The first-order valence-electron chi connectivity index (χ1n) is 8.27. The number of hydrogen-bond acceptors (Lipinski definition) is 3. The number of likely N-dealkylation sites (N-methyl/N-ethyl adjacent to an activating group) is 1. The lowest BCUT2D eigenvalue weighted by molar-refractivity contribution is -0.120. The van der Waals surface area contributed by atoms with Crippen molar-refractivity contribution in [1.29, 1.82) is 0 Å². The molecule has 0 aliphatic carbocycles. The van der Waals surface area contributed by atoms with Crippen molar-refractivity contribution in [2.45, 2.75) is 26.7 Å². The molecule has 0 radical (unpaired) electrons. The summed E-state index contributed by atoms with van der Waals surface area (Å²) in [6.07, 6.45) is 6.14. The Morgan fingerprint density at radius 1 is 1.32 bits per heavy atom. The molecule has 0 bridgehead atoms. The zero-order valence-corrected chi connectivity index (χ0v) is 14.8. The molecule has 1 amide bonds. The first kappa shape index (κ1) is 19.1. The number of rotatable bonds is 8. The molecule has 8 heteroatoms. The molecular weight excluding hydrogens is 325 g/mol. The smallest absolute Gasteiger partial charge is 0.355 e. The van der Waals surface area contributed by atoms with Crippen molar-refractivity contribution < 1.29 is 13.4 Å². The van der Waals surface area contributed by atoms with Crippen LogP contribution < -0.4 is 10.6 Å². The molecule has 0 aromatic carbocycles. The number of halogens is 2. The van der Waals surface area contributed by atoms with Gasteiger partial charge in [-0.15, -0.1) is 0 Å². The Morgan fingerprint density at radius 2 is 2.08 bits per heavy atom. The zero-order valence-electron chi connectivity index (χ0n) is 14.8. The van der Waals surface area contributed by atoms with E-state index in [9.17, 15) is 13.4 Å². The van der Waals surface area contributed by atoms with E-state index in [-0.39, 0.29) is 5.91 Å². The molecule has 2 N–H and O–H groups in total. The summed E-state index contributed by atoms with van der Waals surface area (Å²) < 4.78 is 27.4. The highest BCUT2D eigenvalue weighted by molar-refractivity contribution is 6.41. The van der Waals surface area contributed by atoms with Crippen LogP contribution in [0.15, 0.2) is 28.9 Å². The largest absolute Gasteiger partial charge is 0.677 e. The van der Waals surface area contributed by atoms with E-state index in [1.54, 1.807) is 32.1 Å². The molecule has 2 rings (SSSR count). The molecule has 134 valence electrons. The van der Waals surface area contributed by atoms with E-state index < -0.39 is 7.40 Å². The van der Waals surface area contributed by atoms with Crippen molar-refractivity contribution in [1.82, 2.24) is 15.1 Å². The van der Waals surface area contributed by atoms with Gasteiger partial charge in [-0.25, -0.2) is 0 Å². The maximum absolute atomic E-state index is 13.2. The van der Waals surface area contributed by atoms with E-state index in [1.807, 2.05) is 13.1 Å². The molecule has 5 nitrogen and oxygen atoms in total. The van der Waals surface area contributed by atoms with Gasteiger partial charge in [-0.05, 0) is 57.2 Å². The minimum Gasteiger partial charge on any atom is -0.355 e. The molecule has 1 aliphatic heterocycles. The Bertz CT molecular complexity index is 722. The average Bonchev–Trinajstić information content (AvgIpc) is 3.10. The topological polar surface area (TPSA) is 58.4 Å². The third-order valence-corrected chi connectivity index (χ3v) is 3.97.